The van der Waals surface area contributed by atoms with Gasteiger partial charge in [-0.3, -0.25) is 9.59 Å². The van der Waals surface area contributed by atoms with Gasteiger partial charge < -0.3 is 9.12 Å². The van der Waals surface area contributed by atoms with Gasteiger partial charge in [0, 0.05) is 64.0 Å². The van der Waals surface area contributed by atoms with E-state index in [0.29, 0.717) is 16.1 Å². The number of ketones is 1. The lowest BCUT2D eigenvalue weighted by Gasteiger charge is -2.28. The maximum absolute atomic E-state index is 15.4. The molecule has 39 heavy (non-hydrogen) atoms. The van der Waals surface area contributed by atoms with E-state index in [9.17, 15) is 22.6 Å². The second-order valence-corrected chi connectivity index (χ2v) is 13.4. The molecule has 0 radical (unpaired) electrons. The van der Waals surface area contributed by atoms with Crippen molar-refractivity contribution in [3.8, 4) is 11.1 Å². The van der Waals surface area contributed by atoms with Crippen molar-refractivity contribution in [2.24, 2.45) is 7.05 Å². The Hall–Kier alpha value is -2.54. The molecule has 12 heteroatoms. The van der Waals surface area contributed by atoms with Crippen molar-refractivity contribution in [2.75, 3.05) is 0 Å². The number of aromatic nitrogens is 1. The van der Waals surface area contributed by atoms with Crippen LogP contribution in [0.2, 0.25) is 5.02 Å². The lowest BCUT2D eigenvalue weighted by Crippen LogP contribution is -2.41. The number of carbonyl (C=O) groups is 1. The normalized spacial score (nSPS) is 14.3. The third-order valence-corrected chi connectivity index (χ3v) is 8.64. The van der Waals surface area contributed by atoms with Gasteiger partial charge in [-0.15, -0.1) is 4.72 Å². The summed E-state index contributed by atoms with van der Waals surface area (Å²) in [7, 11) is -1.49. The molecule has 3 atom stereocenters. The number of benzene rings is 2. The van der Waals surface area contributed by atoms with Crippen LogP contribution in [-0.2, 0) is 29.3 Å². The van der Waals surface area contributed by atoms with Gasteiger partial charge in [-0.25, -0.2) is 17.5 Å². The van der Waals surface area contributed by atoms with E-state index in [1.807, 2.05) is 0 Å². The number of nitrogens with one attached hydrogen (secondary N) is 2. The Kier molecular flexibility index (Phi) is 9.79. The summed E-state index contributed by atoms with van der Waals surface area (Å²) in [5, 5.41) is 0.423. The monoisotopic (exact) mass is 595 g/mol. The Bertz CT molecular complexity index is 1510. The van der Waals surface area contributed by atoms with E-state index in [1.165, 1.54) is 42.0 Å². The molecular weight excluding hydrogens is 565 g/mol. The lowest BCUT2D eigenvalue weighted by molar-refractivity contribution is 0.103. The van der Waals surface area contributed by atoms with E-state index in [2.05, 4.69) is 9.44 Å². The number of pyridine rings is 1. The molecule has 0 saturated heterocycles. The minimum atomic E-state index is -3.03. The van der Waals surface area contributed by atoms with Crippen LogP contribution >= 0.6 is 11.6 Å². The fourth-order valence-electron chi connectivity index (χ4n) is 3.95. The van der Waals surface area contributed by atoms with Crippen LogP contribution < -0.4 is 15.0 Å². The maximum Gasteiger partial charge on any atom is 0.250 e. The zero-order valence-corrected chi connectivity index (χ0v) is 24.8. The molecule has 2 N–H and O–H groups in total. The van der Waals surface area contributed by atoms with Crippen molar-refractivity contribution in [1.29, 1.82) is 0 Å². The van der Waals surface area contributed by atoms with Gasteiger partial charge in [-0.2, -0.15) is 0 Å². The molecule has 0 bridgehead atoms. The summed E-state index contributed by atoms with van der Waals surface area (Å²) in [6.07, 6.45) is 1.53. The highest BCUT2D eigenvalue weighted by molar-refractivity contribution is 7.90. The molecule has 0 aliphatic carbocycles. The minimum Gasteiger partial charge on any atom is -0.598 e. The summed E-state index contributed by atoms with van der Waals surface area (Å²) in [5.41, 5.74) is 1.07. The molecule has 210 valence electrons. The van der Waals surface area contributed by atoms with Gasteiger partial charge >= 0.3 is 0 Å². The fraction of sp³-hybridized carbons (Fsp3) is 0.333. The summed E-state index contributed by atoms with van der Waals surface area (Å²) in [5.74, 6) is -1.28. The number of hydrogen-bond donors (Lipinski definition) is 3. The maximum atomic E-state index is 15.4. The molecular formula is C27H31ClFN3O5S2. The largest absolute Gasteiger partial charge is 0.598 e. The highest BCUT2D eigenvalue weighted by Gasteiger charge is 2.30. The number of rotatable bonds is 9. The van der Waals surface area contributed by atoms with Crippen LogP contribution in [0.15, 0.2) is 53.5 Å². The Morgan fingerprint density at radius 3 is 2.23 bits per heavy atom. The molecule has 3 rings (SSSR count). The molecule has 2 aromatic carbocycles. The first-order valence-corrected chi connectivity index (χ1v) is 14.7. The quantitative estimate of drug-likeness (QED) is 0.192. The average Bonchev–Trinajstić information content (AvgIpc) is 2.84. The van der Waals surface area contributed by atoms with Gasteiger partial charge in [0.25, 0.3) is 5.56 Å². The van der Waals surface area contributed by atoms with Crippen molar-refractivity contribution >= 4 is 39.6 Å². The zero-order chi connectivity index (χ0) is 29.2. The molecule has 0 fully saturated rings. The van der Waals surface area contributed by atoms with Gasteiger partial charge in [0.2, 0.25) is 10.9 Å². The second-order valence-electron chi connectivity index (χ2n) is 10.2. The second kappa shape index (κ2) is 12.3. The van der Waals surface area contributed by atoms with Crippen LogP contribution in [0.5, 0.6) is 0 Å². The summed E-state index contributed by atoms with van der Waals surface area (Å²) in [6.45, 7) is 8.63. The molecule has 3 aromatic rings. The lowest BCUT2D eigenvalue weighted by atomic mass is 9.88. The first-order valence-electron chi connectivity index (χ1n) is 12.0. The standard InChI is InChI=1S/C27H31ClFN3O5S2/c1-15(30-38(35)27(3,4)5)19-13-25(33)32(6)14-23(19)21-11-20(16(2)31-39(36)37)24(29)12-22(21)26(34)17-7-9-18(28)10-8-17/h7-16,30,39H,1-6H3,(H,31,36,37)/t15-,16?,38?/m0/s1. The number of nitrogens with zero attached hydrogens (tertiary/aromatic N) is 1. The Balaban J connectivity index is 2.31. The summed E-state index contributed by atoms with van der Waals surface area (Å²) in [4.78, 5) is 26.3. The van der Waals surface area contributed by atoms with Gasteiger partial charge in [0.1, 0.15) is 10.6 Å². The van der Waals surface area contributed by atoms with Crippen LogP contribution in [-0.4, -0.2) is 28.1 Å². The van der Waals surface area contributed by atoms with Crippen molar-refractivity contribution in [2.45, 2.75) is 51.4 Å². The third kappa shape index (κ3) is 7.36. The SMILES string of the molecule is CC(N[SH](=O)=O)c1cc(-c2cn(C)c(=O)cc2[C@H](C)N[S+]([O-])C(C)(C)C)c(C(=O)c2ccc(Cl)cc2)cc1F. The van der Waals surface area contributed by atoms with Crippen LogP contribution in [0, 0.1) is 5.82 Å². The molecule has 0 saturated carbocycles. The first kappa shape index (κ1) is 31.0. The van der Waals surface area contributed by atoms with Crippen molar-refractivity contribution in [1.82, 2.24) is 14.0 Å². The fourth-order valence-corrected chi connectivity index (χ4v) is 5.33. The van der Waals surface area contributed by atoms with Crippen LogP contribution in [0.3, 0.4) is 0 Å². The zero-order valence-electron chi connectivity index (χ0n) is 22.4. The molecule has 0 aliphatic heterocycles. The third-order valence-electron chi connectivity index (χ3n) is 6.11. The van der Waals surface area contributed by atoms with Crippen molar-refractivity contribution in [3.63, 3.8) is 0 Å². The molecule has 2 unspecified atom stereocenters. The molecule has 1 heterocycles. The van der Waals surface area contributed by atoms with Crippen molar-refractivity contribution < 1.29 is 22.2 Å². The highest BCUT2D eigenvalue weighted by atomic mass is 35.5. The Morgan fingerprint density at radius 2 is 1.67 bits per heavy atom. The van der Waals surface area contributed by atoms with Gasteiger partial charge in [0.05, 0.1) is 6.04 Å². The molecule has 1 aromatic heterocycles. The number of halogens is 2. The van der Waals surface area contributed by atoms with Gasteiger partial charge in [0.15, 0.2) is 5.78 Å². The predicted molar refractivity (Wildman–Crippen MR) is 153 cm³/mol. The minimum absolute atomic E-state index is 0.00123. The smallest absolute Gasteiger partial charge is 0.250 e. The van der Waals surface area contributed by atoms with Crippen LogP contribution in [0.1, 0.15) is 73.8 Å². The number of carbonyl (C=O) groups excluding carboxylic acids is 1. The van der Waals surface area contributed by atoms with Gasteiger partial charge in [-0.05, 0) is 82.1 Å². The molecule has 0 amide bonds. The average molecular weight is 596 g/mol. The highest BCUT2D eigenvalue weighted by Crippen LogP contribution is 2.35. The van der Waals surface area contributed by atoms with Crippen LogP contribution in [0.25, 0.3) is 11.1 Å². The number of thiol groups is 1. The van der Waals surface area contributed by atoms with E-state index in [0.717, 1.165) is 6.07 Å². The summed E-state index contributed by atoms with van der Waals surface area (Å²) >= 11 is 4.49. The Morgan fingerprint density at radius 1 is 1.05 bits per heavy atom. The molecule has 0 spiro atoms. The van der Waals surface area contributed by atoms with E-state index >= 15 is 4.39 Å². The Labute approximate surface area is 237 Å². The van der Waals surface area contributed by atoms with E-state index in [1.54, 1.807) is 46.9 Å². The number of hydrogen-bond acceptors (Lipinski definition) is 6. The molecule has 8 nitrogen and oxygen atoms in total. The topological polar surface area (TPSA) is 120 Å². The van der Waals surface area contributed by atoms with Crippen molar-refractivity contribution in [3.05, 3.63) is 92.1 Å². The summed E-state index contributed by atoms with van der Waals surface area (Å²) in [6, 6.07) is 8.43. The van der Waals surface area contributed by atoms with Crippen LogP contribution in [0.4, 0.5) is 4.39 Å². The summed E-state index contributed by atoms with van der Waals surface area (Å²) < 4.78 is 56.9. The number of aryl methyl sites for hydroxylation is 1. The predicted octanol–water partition coefficient (Wildman–Crippen LogP) is 4.37. The van der Waals surface area contributed by atoms with E-state index < -0.39 is 50.7 Å². The van der Waals surface area contributed by atoms with E-state index in [4.69, 9.17) is 11.6 Å². The molecule has 0 aliphatic rings. The van der Waals surface area contributed by atoms with Gasteiger partial charge in [-0.1, -0.05) is 11.6 Å². The van der Waals surface area contributed by atoms with E-state index in [-0.39, 0.29) is 27.8 Å². The first-order chi connectivity index (χ1) is 18.1.